The van der Waals surface area contributed by atoms with Crippen molar-refractivity contribution in [2.45, 2.75) is 87.3 Å². The number of Topliss-reactive ketones (excluding diaryl/α,β-unsaturated/α-hetero) is 3. The highest BCUT2D eigenvalue weighted by atomic mass is 32.2. The SMILES string of the molecule is CCC(=O)[C@@H]1NC(=O)CNC(=O)[C@@H](CC(=O)[C@@H](N)C(=O)[C@@H](O)CO)Cc2c([nH]c3ccccc23)SC[C@@H](C(=O)N[C@@H](CC(N)=O)C(=O)N2C[C@H](C)CC2C(=O)O)NC(=O)CNC1=O. The van der Waals surface area contributed by atoms with Gasteiger partial charge in [0, 0.05) is 42.0 Å². The summed E-state index contributed by atoms with van der Waals surface area (Å²) >= 11 is 0.934. The van der Waals surface area contributed by atoms with Crippen molar-refractivity contribution in [1.29, 1.82) is 0 Å². The molecule has 1 fully saturated rings. The number of aliphatic carboxylic acids is 1. The quantitative estimate of drug-likeness (QED) is 0.0796. The molecule has 63 heavy (non-hydrogen) atoms. The number of aromatic amines is 1. The van der Waals surface area contributed by atoms with Gasteiger partial charge < -0.3 is 63.3 Å². The molecule has 24 heteroatoms. The summed E-state index contributed by atoms with van der Waals surface area (Å²) in [6, 6.07) is -1.57. The van der Waals surface area contributed by atoms with E-state index in [2.05, 4.69) is 31.6 Å². The Hall–Kier alpha value is -6.24. The van der Waals surface area contributed by atoms with Crippen LogP contribution in [0, 0.1) is 11.8 Å². The van der Waals surface area contributed by atoms with Gasteiger partial charge in [-0.25, -0.2) is 4.79 Å². The number of fused-ring (bicyclic) bond motifs is 3. The Morgan fingerprint density at radius 1 is 0.984 bits per heavy atom. The van der Waals surface area contributed by atoms with Gasteiger partial charge in [-0.15, -0.1) is 11.8 Å². The highest BCUT2D eigenvalue weighted by Gasteiger charge is 2.42. The van der Waals surface area contributed by atoms with E-state index in [0.717, 1.165) is 16.7 Å². The van der Waals surface area contributed by atoms with Gasteiger partial charge in [0.25, 0.3) is 5.91 Å². The number of ketones is 3. The predicted octanol–water partition coefficient (Wildman–Crippen LogP) is -4.50. The average Bonchev–Trinajstić information content (AvgIpc) is 3.82. The second kappa shape index (κ2) is 22.2. The van der Waals surface area contributed by atoms with Crippen LogP contribution in [0.25, 0.3) is 10.9 Å². The first-order valence-electron chi connectivity index (χ1n) is 19.9. The third kappa shape index (κ3) is 12.9. The minimum Gasteiger partial charge on any atom is -0.480 e. The lowest BCUT2D eigenvalue weighted by atomic mass is 9.89. The van der Waals surface area contributed by atoms with E-state index in [-0.39, 0.29) is 37.5 Å². The number of aromatic nitrogens is 1. The maximum absolute atomic E-state index is 14.1. The fourth-order valence-electron chi connectivity index (χ4n) is 7.11. The fourth-order valence-corrected chi connectivity index (χ4v) is 8.23. The molecule has 1 unspecified atom stereocenters. The number of carbonyl (C=O) groups excluding carboxylic acids is 10. The van der Waals surface area contributed by atoms with Crippen molar-refractivity contribution in [3.63, 3.8) is 0 Å². The molecule has 2 aliphatic rings. The van der Waals surface area contributed by atoms with Gasteiger partial charge in [0.15, 0.2) is 23.4 Å². The van der Waals surface area contributed by atoms with Crippen LogP contribution >= 0.6 is 11.8 Å². The molecule has 13 N–H and O–H groups in total. The minimum atomic E-state index is -1.99. The van der Waals surface area contributed by atoms with Crippen LogP contribution in [0.2, 0.25) is 0 Å². The normalized spacial score (nSPS) is 23.0. The zero-order valence-corrected chi connectivity index (χ0v) is 35.2. The summed E-state index contributed by atoms with van der Waals surface area (Å²) in [4.78, 5) is 148. The number of primary amides is 1. The van der Waals surface area contributed by atoms with Crippen LogP contribution in [0.5, 0.6) is 0 Å². The highest BCUT2D eigenvalue weighted by Crippen LogP contribution is 2.33. The molecule has 3 heterocycles. The molecule has 2 aliphatic heterocycles. The number of benzene rings is 1. The Bertz CT molecular complexity index is 2150. The van der Waals surface area contributed by atoms with Crippen LogP contribution in [-0.2, 0) is 59.2 Å². The van der Waals surface area contributed by atoms with E-state index < -0.39 is 139 Å². The minimum absolute atomic E-state index is 0.000733. The number of amides is 7. The van der Waals surface area contributed by atoms with Gasteiger partial charge in [0.1, 0.15) is 30.3 Å². The number of carboxylic acid groups (broad SMARTS) is 1. The van der Waals surface area contributed by atoms with Crippen LogP contribution in [0.15, 0.2) is 29.3 Å². The molecule has 2 aromatic rings. The number of thioether (sulfide) groups is 1. The van der Waals surface area contributed by atoms with Gasteiger partial charge in [0.2, 0.25) is 35.4 Å². The predicted molar refractivity (Wildman–Crippen MR) is 220 cm³/mol. The zero-order valence-electron chi connectivity index (χ0n) is 34.3. The van der Waals surface area contributed by atoms with Crippen molar-refractivity contribution in [2.24, 2.45) is 23.3 Å². The molecule has 8 atom stereocenters. The summed E-state index contributed by atoms with van der Waals surface area (Å²) in [6.07, 6.45) is -3.88. The number of H-pyrrole nitrogens is 1. The number of para-hydroxylation sites is 1. The smallest absolute Gasteiger partial charge is 0.326 e. The standard InChI is InChI=1S/C39H51N9O14S/c1-3-25(50)32-36(59)43-12-29(54)44-23(35(58)45-22(11-28(40)53)38(60)48-14-17(2)8-24(48)39(61)62)16-63-37-20(19-6-4-5-7-21(19)46-37)9-18(34(57)42-13-30(55)47-32)10-26(51)31(41)33(56)27(52)15-49/h4-7,17-18,22-24,27,31-32,46,49,52H,3,8-16,41H2,1-2H3,(H2,40,53)(H,42,57)(H,43,59)(H,44,54)(H,45,58)(H,47,55)(H,61,62)/t17-,18-,22+,23+,24?,27+,31-,32+/m1/s1. The molecule has 0 aliphatic carbocycles. The number of likely N-dealkylation sites (tertiary alicyclic amines) is 1. The Labute approximate surface area is 363 Å². The number of hydrogen-bond donors (Lipinski definition) is 11. The first kappa shape index (κ1) is 49.4. The second-order valence-corrected chi connectivity index (χ2v) is 16.3. The number of aliphatic hydroxyl groups excluding tert-OH is 2. The Kier molecular flexibility index (Phi) is 17.4. The lowest BCUT2D eigenvalue weighted by Crippen LogP contribution is -2.58. The van der Waals surface area contributed by atoms with Crippen LogP contribution in [0.1, 0.15) is 45.1 Å². The lowest BCUT2D eigenvalue weighted by Gasteiger charge is -2.28. The molecule has 4 rings (SSSR count). The van der Waals surface area contributed by atoms with Crippen molar-refractivity contribution >= 4 is 87.3 Å². The summed E-state index contributed by atoms with van der Waals surface area (Å²) in [7, 11) is 0. The molecule has 1 aromatic heterocycles. The largest absolute Gasteiger partial charge is 0.480 e. The van der Waals surface area contributed by atoms with E-state index in [0.29, 0.717) is 21.5 Å². The van der Waals surface area contributed by atoms with Crippen molar-refractivity contribution in [3.8, 4) is 0 Å². The van der Waals surface area contributed by atoms with E-state index in [1.807, 2.05) is 0 Å². The Morgan fingerprint density at radius 2 is 1.63 bits per heavy atom. The van der Waals surface area contributed by atoms with E-state index in [9.17, 15) is 68.1 Å². The van der Waals surface area contributed by atoms with Crippen molar-refractivity contribution in [2.75, 3.05) is 32.0 Å². The van der Waals surface area contributed by atoms with Crippen LogP contribution < -0.4 is 38.1 Å². The number of nitrogens with zero attached hydrogens (tertiary/aromatic N) is 1. The average molecular weight is 902 g/mol. The lowest BCUT2D eigenvalue weighted by molar-refractivity contribution is -0.149. The van der Waals surface area contributed by atoms with Gasteiger partial charge in [-0.3, -0.25) is 47.9 Å². The third-order valence-corrected chi connectivity index (χ3v) is 11.6. The molecule has 23 nitrogen and oxygen atoms in total. The molecule has 0 radical (unpaired) electrons. The Balaban J connectivity index is 1.76. The Morgan fingerprint density at radius 3 is 2.27 bits per heavy atom. The topological polar surface area (TPSA) is 380 Å². The van der Waals surface area contributed by atoms with Gasteiger partial charge >= 0.3 is 5.97 Å². The van der Waals surface area contributed by atoms with Crippen molar-refractivity contribution in [3.05, 3.63) is 29.8 Å². The summed E-state index contributed by atoms with van der Waals surface area (Å²) in [5.41, 5.74) is 12.2. The number of carbonyl (C=O) groups is 11. The zero-order chi connectivity index (χ0) is 46.7. The monoisotopic (exact) mass is 901 g/mol. The fraction of sp³-hybridized carbons (Fsp3) is 0.513. The first-order valence-corrected chi connectivity index (χ1v) is 20.9. The molecular weight excluding hydrogens is 851 g/mol. The number of carboxylic acids is 1. The van der Waals surface area contributed by atoms with Gasteiger partial charge in [0.05, 0.1) is 31.1 Å². The molecule has 1 saturated heterocycles. The molecule has 0 saturated carbocycles. The van der Waals surface area contributed by atoms with Gasteiger partial charge in [-0.1, -0.05) is 32.0 Å². The third-order valence-electron chi connectivity index (χ3n) is 10.4. The van der Waals surface area contributed by atoms with Crippen LogP contribution in [0.3, 0.4) is 0 Å². The summed E-state index contributed by atoms with van der Waals surface area (Å²) in [5, 5.41) is 41.3. The molecule has 0 spiro atoms. The second-order valence-electron chi connectivity index (χ2n) is 15.2. The van der Waals surface area contributed by atoms with Crippen LogP contribution in [0.4, 0.5) is 0 Å². The molecular formula is C39H51N9O14S. The number of nitrogens with two attached hydrogens (primary N) is 2. The molecule has 7 amide bonds. The first-order chi connectivity index (χ1) is 29.7. The van der Waals surface area contributed by atoms with E-state index >= 15 is 0 Å². The number of nitrogens with one attached hydrogen (secondary N) is 6. The number of hydrogen-bond acceptors (Lipinski definition) is 15. The summed E-state index contributed by atoms with van der Waals surface area (Å²) < 4.78 is 0. The maximum atomic E-state index is 14.1. The molecule has 1 aromatic carbocycles. The highest BCUT2D eigenvalue weighted by molar-refractivity contribution is 7.99. The van der Waals surface area contributed by atoms with Crippen molar-refractivity contribution in [1.82, 2.24) is 36.5 Å². The molecule has 342 valence electrons. The van der Waals surface area contributed by atoms with E-state index in [1.165, 1.54) is 6.92 Å². The number of rotatable bonds is 14. The maximum Gasteiger partial charge on any atom is 0.326 e. The molecule has 0 bridgehead atoms. The van der Waals surface area contributed by atoms with E-state index in [1.54, 1.807) is 31.2 Å². The summed E-state index contributed by atoms with van der Waals surface area (Å²) in [6.45, 7) is 0.477. The van der Waals surface area contributed by atoms with Gasteiger partial charge in [-0.05, 0) is 30.4 Å². The van der Waals surface area contributed by atoms with Crippen molar-refractivity contribution < 1.29 is 68.1 Å². The summed E-state index contributed by atoms with van der Waals surface area (Å²) in [5.74, 6) is -13.2. The number of aliphatic hydroxyl groups is 2. The van der Waals surface area contributed by atoms with E-state index in [4.69, 9.17) is 11.5 Å². The van der Waals surface area contributed by atoms with Crippen LogP contribution in [-0.4, -0.2) is 158 Å². The van der Waals surface area contributed by atoms with Gasteiger partial charge in [-0.2, -0.15) is 0 Å².